The number of nitrogens with one attached hydrogen (secondary N) is 2. The number of anilines is 2. The number of aryl methyl sites for hydroxylation is 1. The number of benzene rings is 1. The topological polar surface area (TPSA) is 130 Å². The molecule has 0 bridgehead atoms. The zero-order valence-electron chi connectivity index (χ0n) is 29.7. The number of carbonyl (C=O) groups is 4. The Morgan fingerprint density at radius 1 is 1.09 bits per heavy atom. The second kappa shape index (κ2) is 14.8. The molecule has 2 N–H and O–H groups in total. The highest BCUT2D eigenvalue weighted by molar-refractivity contribution is 6.07. The number of likely N-dealkylation sites (tertiary alicyclic amines) is 1. The van der Waals surface area contributed by atoms with Crippen LogP contribution in [-0.4, -0.2) is 68.3 Å². The van der Waals surface area contributed by atoms with E-state index in [2.05, 4.69) is 33.9 Å². The molecule has 6 rings (SSSR count). The highest BCUT2D eigenvalue weighted by Crippen LogP contribution is 2.59. The molecule has 2 fully saturated rings. The first kappa shape index (κ1) is 37.2. The maximum atomic E-state index is 14.4. The fraction of sp³-hybridized carbons (Fsp3) is 0.385. The summed E-state index contributed by atoms with van der Waals surface area (Å²) in [5, 5.41) is 10.7. The van der Waals surface area contributed by atoms with Crippen molar-refractivity contribution < 1.29 is 32.3 Å². The number of hydrogen-bond acceptors (Lipinski definition) is 7. The van der Waals surface area contributed by atoms with Crippen molar-refractivity contribution in [2.24, 2.45) is 5.41 Å². The zero-order valence-corrected chi connectivity index (χ0v) is 29.7. The van der Waals surface area contributed by atoms with Crippen LogP contribution < -0.4 is 15.5 Å². The second-order valence-corrected chi connectivity index (χ2v) is 13.9. The largest absolute Gasteiger partial charge is 0.433 e. The first-order chi connectivity index (χ1) is 25.3. The van der Waals surface area contributed by atoms with Crippen LogP contribution >= 0.6 is 0 Å². The van der Waals surface area contributed by atoms with Crippen LogP contribution in [0.15, 0.2) is 74.0 Å². The highest BCUT2D eigenvalue weighted by atomic mass is 19.4. The quantitative estimate of drug-likeness (QED) is 0.117. The number of Topliss-reactive ketones (excluding diaryl/α,β-unsaturated/α-hetero) is 1. The molecule has 1 saturated carbocycles. The number of allylic oxidation sites excluding steroid dienone is 4. The summed E-state index contributed by atoms with van der Waals surface area (Å²) in [6.07, 6.45) is 9.27. The number of ketones is 1. The minimum atomic E-state index is -4.73. The van der Waals surface area contributed by atoms with Crippen LogP contribution in [0.5, 0.6) is 0 Å². The van der Waals surface area contributed by atoms with E-state index < -0.39 is 41.2 Å². The molecule has 0 unspecified atom stereocenters. The molecular formula is C39H42F3N7O4. The molecule has 53 heavy (non-hydrogen) atoms. The van der Waals surface area contributed by atoms with Crippen LogP contribution in [0.25, 0.3) is 10.9 Å². The molecule has 3 aliphatic rings. The predicted molar refractivity (Wildman–Crippen MR) is 195 cm³/mol. The molecule has 14 heteroatoms. The Kier molecular flexibility index (Phi) is 10.4. The summed E-state index contributed by atoms with van der Waals surface area (Å²) in [5.74, 6) is -1.85. The lowest BCUT2D eigenvalue weighted by Gasteiger charge is -2.27. The van der Waals surface area contributed by atoms with E-state index in [0.717, 1.165) is 17.3 Å². The van der Waals surface area contributed by atoms with E-state index in [4.69, 9.17) is 0 Å². The fourth-order valence-corrected chi connectivity index (χ4v) is 7.36. The van der Waals surface area contributed by atoms with Crippen LogP contribution in [0.4, 0.5) is 24.7 Å². The van der Waals surface area contributed by atoms with Crippen molar-refractivity contribution in [1.82, 2.24) is 25.0 Å². The van der Waals surface area contributed by atoms with E-state index in [1.54, 1.807) is 12.2 Å². The summed E-state index contributed by atoms with van der Waals surface area (Å²) in [7, 11) is 0. The molecule has 278 valence electrons. The van der Waals surface area contributed by atoms with Gasteiger partial charge < -0.3 is 20.4 Å². The summed E-state index contributed by atoms with van der Waals surface area (Å²) in [4.78, 5) is 61.1. The van der Waals surface area contributed by atoms with Crippen molar-refractivity contribution in [3.63, 3.8) is 0 Å². The predicted octanol–water partition coefficient (Wildman–Crippen LogP) is 6.05. The lowest BCUT2D eigenvalue weighted by Crippen LogP contribution is -2.47. The van der Waals surface area contributed by atoms with Gasteiger partial charge in [-0.05, 0) is 74.4 Å². The first-order valence-corrected chi connectivity index (χ1v) is 17.6. The van der Waals surface area contributed by atoms with Gasteiger partial charge in [0.25, 0.3) is 0 Å². The maximum Gasteiger partial charge on any atom is 0.433 e. The van der Waals surface area contributed by atoms with E-state index in [-0.39, 0.29) is 42.7 Å². The maximum absolute atomic E-state index is 14.4. The van der Waals surface area contributed by atoms with Crippen LogP contribution in [0.1, 0.15) is 66.3 Å². The van der Waals surface area contributed by atoms with E-state index in [1.807, 2.05) is 41.5 Å². The van der Waals surface area contributed by atoms with Crippen LogP contribution in [0.2, 0.25) is 0 Å². The summed E-state index contributed by atoms with van der Waals surface area (Å²) < 4.78 is 42.0. The van der Waals surface area contributed by atoms with Crippen LogP contribution in [0.3, 0.4) is 0 Å². The Hall–Kier alpha value is -5.53. The number of amides is 3. The first-order valence-electron chi connectivity index (χ1n) is 17.6. The number of nitrogens with zero attached hydrogens (tertiary/aromatic N) is 5. The number of fused-ring (bicyclic) bond motifs is 2. The van der Waals surface area contributed by atoms with Gasteiger partial charge >= 0.3 is 6.18 Å². The smallest absolute Gasteiger partial charge is 0.355 e. The Morgan fingerprint density at radius 2 is 1.89 bits per heavy atom. The Morgan fingerprint density at radius 3 is 2.57 bits per heavy atom. The number of rotatable bonds is 14. The molecule has 3 atom stereocenters. The molecular weight excluding hydrogens is 687 g/mol. The van der Waals surface area contributed by atoms with Gasteiger partial charge in [-0.2, -0.15) is 18.3 Å². The van der Waals surface area contributed by atoms with Crippen LogP contribution in [0, 0.1) is 12.3 Å². The SMILES string of the molecule is C=CCCCC(=O)NC[C@@]12C[C@@H](C(=O)Nc3nc(C(F)(F)F)ccc3C)N(C(=O)Cn3nc(C(C)=O)c4cc(N5C=CC=CC5)cc(CC=C)c43)[C@@H]1C2. The van der Waals surface area contributed by atoms with Crippen molar-refractivity contribution in [3.05, 3.63) is 96.5 Å². The highest BCUT2D eigenvalue weighted by Gasteiger charge is 2.67. The lowest BCUT2D eigenvalue weighted by molar-refractivity contribution is -0.141. The Balaban J connectivity index is 1.32. The molecule has 0 radical (unpaired) electrons. The molecule has 1 aromatic carbocycles. The second-order valence-electron chi connectivity index (χ2n) is 13.9. The van der Waals surface area contributed by atoms with Gasteiger partial charge in [-0.1, -0.05) is 30.4 Å². The van der Waals surface area contributed by atoms with Gasteiger partial charge in [0.15, 0.2) is 5.78 Å². The average molecular weight is 730 g/mol. The lowest BCUT2D eigenvalue weighted by atomic mass is 9.98. The standard InChI is InChI=1S/C39H42F3N7O4/c1-5-7-9-13-32(51)43-23-38-20-29(37(53)45-36-24(3)14-15-30(44-36)39(40,41)42)49(31(38)21-38)33(52)22-48-35-26(12-6-2)18-27(47-16-10-8-11-17-47)19-28(35)34(46-48)25(4)50/h5-6,8,10-11,14-16,18-19,29,31H,1-2,7,9,12-13,17,20-23H2,3-4H3,(H,43,51)(H,44,45,53)/t29-,31+,38-/m0/s1. The number of halogens is 3. The number of aromatic nitrogens is 3. The molecule has 3 aromatic rings. The number of carbonyl (C=O) groups excluding carboxylic acids is 4. The van der Waals surface area contributed by atoms with Gasteiger partial charge in [-0.3, -0.25) is 23.9 Å². The third-order valence-corrected chi connectivity index (χ3v) is 10.1. The summed E-state index contributed by atoms with van der Waals surface area (Å²) in [5.41, 5.74) is 0.975. The van der Waals surface area contributed by atoms with Crippen molar-refractivity contribution in [3.8, 4) is 0 Å². The summed E-state index contributed by atoms with van der Waals surface area (Å²) >= 11 is 0. The van der Waals surface area contributed by atoms with Gasteiger partial charge in [0.1, 0.15) is 29.8 Å². The van der Waals surface area contributed by atoms with Crippen molar-refractivity contribution in [1.29, 1.82) is 0 Å². The number of pyridine rings is 1. The fourth-order valence-electron chi connectivity index (χ4n) is 7.36. The normalized spacial score (nSPS) is 20.3. The molecule has 1 saturated heterocycles. The van der Waals surface area contributed by atoms with Gasteiger partial charge in [-0.25, -0.2) is 4.98 Å². The molecule has 2 aromatic heterocycles. The van der Waals surface area contributed by atoms with E-state index in [9.17, 15) is 32.3 Å². The van der Waals surface area contributed by atoms with E-state index in [0.29, 0.717) is 55.1 Å². The minimum Gasteiger partial charge on any atom is -0.355 e. The molecule has 3 amide bonds. The van der Waals surface area contributed by atoms with Crippen molar-refractivity contribution >= 4 is 45.9 Å². The van der Waals surface area contributed by atoms with Crippen LogP contribution in [-0.2, 0) is 33.5 Å². The van der Waals surface area contributed by atoms with Crippen molar-refractivity contribution in [2.45, 2.75) is 77.2 Å². The monoisotopic (exact) mass is 729 g/mol. The van der Waals surface area contributed by atoms with E-state index >= 15 is 0 Å². The summed E-state index contributed by atoms with van der Waals surface area (Å²) in [6.45, 7) is 11.1. The Labute approximate surface area is 305 Å². The molecule has 1 aliphatic carbocycles. The molecule has 2 aliphatic heterocycles. The zero-order chi connectivity index (χ0) is 38.1. The average Bonchev–Trinajstić information content (AvgIpc) is 3.53. The van der Waals surface area contributed by atoms with Gasteiger partial charge in [0.2, 0.25) is 17.7 Å². The summed E-state index contributed by atoms with van der Waals surface area (Å²) in [6, 6.07) is 4.43. The molecule has 11 nitrogen and oxygen atoms in total. The number of piperidine rings is 1. The van der Waals surface area contributed by atoms with Gasteiger partial charge in [-0.15, -0.1) is 13.2 Å². The molecule has 4 heterocycles. The third-order valence-electron chi connectivity index (χ3n) is 10.1. The number of unbranched alkanes of at least 4 members (excludes halogenated alkanes) is 1. The number of hydrogen-bond donors (Lipinski definition) is 2. The number of alkyl halides is 3. The third kappa shape index (κ3) is 7.67. The Bertz CT molecular complexity index is 2050. The van der Waals surface area contributed by atoms with Crippen molar-refractivity contribution in [2.75, 3.05) is 23.3 Å². The van der Waals surface area contributed by atoms with Gasteiger partial charge in [0, 0.05) is 55.2 Å². The van der Waals surface area contributed by atoms with E-state index in [1.165, 1.54) is 29.5 Å². The van der Waals surface area contributed by atoms with Gasteiger partial charge in [0.05, 0.1) is 5.52 Å². The minimum absolute atomic E-state index is 0.161. The molecule has 0 spiro atoms.